The third-order valence-corrected chi connectivity index (χ3v) is 3.50. The second-order valence-corrected chi connectivity index (χ2v) is 4.46. The van der Waals surface area contributed by atoms with Crippen molar-refractivity contribution in [1.82, 2.24) is 4.90 Å². The van der Waals surface area contributed by atoms with Gasteiger partial charge < -0.3 is 0 Å². The lowest BCUT2D eigenvalue weighted by atomic mass is 9.76. The Morgan fingerprint density at radius 3 is 2.57 bits per heavy atom. The lowest BCUT2D eigenvalue weighted by Crippen LogP contribution is -2.30. The van der Waals surface area contributed by atoms with Crippen molar-refractivity contribution in [3.05, 3.63) is 6.92 Å². The highest BCUT2D eigenvalue weighted by atomic mass is 16.2. The maximum Gasteiger partial charge on any atom is 0.233 e. The molecule has 1 radical (unpaired) electrons. The lowest BCUT2D eigenvalue weighted by Gasteiger charge is -2.25. The van der Waals surface area contributed by atoms with Gasteiger partial charge in [0, 0.05) is 6.54 Å². The normalized spacial score (nSPS) is 37.6. The van der Waals surface area contributed by atoms with Crippen molar-refractivity contribution in [2.24, 2.45) is 17.8 Å². The molecule has 2 fully saturated rings. The number of hydrogen-bond donors (Lipinski definition) is 0. The molecule has 0 aromatic carbocycles. The first kappa shape index (κ1) is 9.69. The van der Waals surface area contributed by atoms with Gasteiger partial charge in [-0.25, -0.2) is 0 Å². The van der Waals surface area contributed by atoms with Crippen molar-refractivity contribution in [1.29, 1.82) is 0 Å². The summed E-state index contributed by atoms with van der Waals surface area (Å²) in [6.45, 7) is 6.07. The van der Waals surface area contributed by atoms with E-state index in [2.05, 4.69) is 13.8 Å². The molecule has 1 aliphatic heterocycles. The first-order valence-corrected chi connectivity index (χ1v) is 5.29. The molecule has 1 aliphatic carbocycles. The van der Waals surface area contributed by atoms with E-state index in [1.165, 1.54) is 4.90 Å². The summed E-state index contributed by atoms with van der Waals surface area (Å²) in [5.41, 5.74) is 0. The Bertz CT molecular complexity index is 274. The molecule has 14 heavy (non-hydrogen) atoms. The van der Waals surface area contributed by atoms with Crippen LogP contribution in [0.4, 0.5) is 0 Å². The molecule has 2 rings (SSSR count). The summed E-state index contributed by atoms with van der Waals surface area (Å²) in [4.78, 5) is 24.9. The minimum Gasteiger partial charge on any atom is -0.282 e. The van der Waals surface area contributed by atoms with Crippen molar-refractivity contribution in [3.63, 3.8) is 0 Å². The average molecular weight is 194 g/mol. The third kappa shape index (κ3) is 1.26. The Morgan fingerprint density at radius 1 is 1.29 bits per heavy atom. The molecule has 0 aromatic rings. The Kier molecular flexibility index (Phi) is 2.33. The first-order valence-electron chi connectivity index (χ1n) is 5.29. The number of imide groups is 1. The van der Waals surface area contributed by atoms with Gasteiger partial charge in [-0.1, -0.05) is 6.92 Å². The van der Waals surface area contributed by atoms with Crippen LogP contribution in [-0.4, -0.2) is 23.3 Å². The van der Waals surface area contributed by atoms with Crippen LogP contribution >= 0.6 is 0 Å². The van der Waals surface area contributed by atoms with E-state index in [9.17, 15) is 9.59 Å². The molecule has 3 unspecified atom stereocenters. The molecule has 2 aliphatic rings. The number of carbonyl (C=O) groups is 2. The molecule has 1 heterocycles. The monoisotopic (exact) mass is 194 g/mol. The molecular formula is C11H16NO2. The summed E-state index contributed by atoms with van der Waals surface area (Å²) in [5.74, 6) is 0.551. The number of rotatable bonds is 1. The minimum absolute atomic E-state index is 0.0153. The molecule has 0 aromatic heterocycles. The number of hydrogen-bond acceptors (Lipinski definition) is 2. The Hall–Kier alpha value is -0.860. The molecule has 0 N–H and O–H groups in total. The van der Waals surface area contributed by atoms with Crippen molar-refractivity contribution in [2.75, 3.05) is 6.54 Å². The van der Waals surface area contributed by atoms with Crippen molar-refractivity contribution < 1.29 is 9.59 Å². The zero-order valence-electron chi connectivity index (χ0n) is 8.53. The number of amides is 2. The summed E-state index contributed by atoms with van der Waals surface area (Å²) in [6.07, 6.45) is 2.84. The van der Waals surface area contributed by atoms with E-state index in [1.807, 2.05) is 0 Å². The van der Waals surface area contributed by atoms with E-state index in [4.69, 9.17) is 0 Å². The van der Waals surface area contributed by atoms with E-state index in [0.29, 0.717) is 12.5 Å². The Labute approximate surface area is 84.5 Å². The van der Waals surface area contributed by atoms with E-state index in [-0.39, 0.29) is 23.7 Å². The number of likely N-dealkylation sites (tertiary alicyclic amines) is 1. The quantitative estimate of drug-likeness (QED) is 0.589. The van der Waals surface area contributed by atoms with Crippen LogP contribution in [0, 0.1) is 24.7 Å². The smallest absolute Gasteiger partial charge is 0.233 e. The molecule has 1 saturated carbocycles. The topological polar surface area (TPSA) is 37.4 Å². The SMILES string of the molecule is [CH2]CN1C(=O)C2CCC(C)CC2C1=O. The van der Waals surface area contributed by atoms with Crippen LogP contribution < -0.4 is 0 Å². The fraction of sp³-hybridized carbons (Fsp3) is 0.727. The number of fused-ring (bicyclic) bond motifs is 1. The summed E-state index contributed by atoms with van der Waals surface area (Å²) < 4.78 is 0. The molecule has 3 atom stereocenters. The summed E-state index contributed by atoms with van der Waals surface area (Å²) in [6, 6.07) is 0. The fourth-order valence-electron chi connectivity index (χ4n) is 2.68. The van der Waals surface area contributed by atoms with Crippen LogP contribution in [0.15, 0.2) is 0 Å². The molecule has 0 spiro atoms. The van der Waals surface area contributed by atoms with Crippen molar-refractivity contribution in [3.8, 4) is 0 Å². The minimum atomic E-state index is -0.0343. The molecule has 3 heteroatoms. The molecule has 1 saturated heterocycles. The van der Waals surface area contributed by atoms with Gasteiger partial charge in [-0.3, -0.25) is 14.5 Å². The van der Waals surface area contributed by atoms with Crippen molar-refractivity contribution in [2.45, 2.75) is 26.2 Å². The van der Waals surface area contributed by atoms with E-state index >= 15 is 0 Å². The molecule has 2 amide bonds. The van der Waals surface area contributed by atoms with Gasteiger partial charge in [-0.05, 0) is 32.1 Å². The second kappa shape index (κ2) is 3.37. The van der Waals surface area contributed by atoms with Gasteiger partial charge in [0.1, 0.15) is 0 Å². The Morgan fingerprint density at radius 2 is 1.93 bits per heavy atom. The van der Waals surface area contributed by atoms with Gasteiger partial charge in [0.25, 0.3) is 0 Å². The third-order valence-electron chi connectivity index (χ3n) is 3.50. The van der Waals surface area contributed by atoms with Crippen LogP contribution in [-0.2, 0) is 9.59 Å². The predicted molar refractivity (Wildman–Crippen MR) is 52.1 cm³/mol. The molecule has 77 valence electrons. The molecule has 3 nitrogen and oxygen atoms in total. The maximum atomic E-state index is 11.8. The van der Waals surface area contributed by atoms with Gasteiger partial charge in [0.15, 0.2) is 0 Å². The highest BCUT2D eigenvalue weighted by Gasteiger charge is 2.48. The van der Waals surface area contributed by atoms with Crippen LogP contribution in [0.1, 0.15) is 26.2 Å². The lowest BCUT2D eigenvalue weighted by molar-refractivity contribution is -0.139. The maximum absolute atomic E-state index is 11.8. The van der Waals surface area contributed by atoms with Gasteiger partial charge in [-0.2, -0.15) is 0 Å². The number of carbonyl (C=O) groups excluding carboxylic acids is 2. The average Bonchev–Trinajstić information content (AvgIpc) is 2.39. The van der Waals surface area contributed by atoms with E-state index in [0.717, 1.165) is 19.3 Å². The largest absolute Gasteiger partial charge is 0.282 e. The zero-order valence-corrected chi connectivity index (χ0v) is 8.53. The van der Waals surface area contributed by atoms with E-state index in [1.54, 1.807) is 0 Å². The highest BCUT2D eigenvalue weighted by molar-refractivity contribution is 6.05. The number of nitrogens with zero attached hydrogens (tertiary/aromatic N) is 1. The van der Waals surface area contributed by atoms with Crippen molar-refractivity contribution >= 4 is 11.8 Å². The summed E-state index contributed by atoms with van der Waals surface area (Å²) in [7, 11) is 0. The van der Waals surface area contributed by atoms with Gasteiger partial charge >= 0.3 is 0 Å². The molecular weight excluding hydrogens is 178 g/mol. The standard InChI is InChI=1S/C11H16NO2/c1-3-12-10(13)8-5-4-7(2)6-9(8)11(12)14/h7-9H,1,3-6H2,2H3. The van der Waals surface area contributed by atoms with Crippen LogP contribution in [0.25, 0.3) is 0 Å². The highest BCUT2D eigenvalue weighted by Crippen LogP contribution is 2.40. The van der Waals surface area contributed by atoms with Gasteiger partial charge in [0.05, 0.1) is 11.8 Å². The second-order valence-electron chi connectivity index (χ2n) is 4.46. The van der Waals surface area contributed by atoms with E-state index < -0.39 is 0 Å². The van der Waals surface area contributed by atoms with Crippen LogP contribution in [0.3, 0.4) is 0 Å². The van der Waals surface area contributed by atoms with Gasteiger partial charge in [0.2, 0.25) is 11.8 Å². The first-order chi connectivity index (χ1) is 6.65. The van der Waals surface area contributed by atoms with Gasteiger partial charge in [-0.15, -0.1) is 0 Å². The zero-order chi connectivity index (χ0) is 10.3. The Balaban J connectivity index is 2.21. The predicted octanol–water partition coefficient (Wildman–Crippen LogP) is 1.24. The molecule has 0 bridgehead atoms. The summed E-state index contributed by atoms with van der Waals surface area (Å²) in [5, 5.41) is 0. The van der Waals surface area contributed by atoms with Crippen LogP contribution in [0.5, 0.6) is 0 Å². The fourth-order valence-corrected chi connectivity index (χ4v) is 2.68. The summed E-state index contributed by atoms with van der Waals surface area (Å²) >= 11 is 0. The van der Waals surface area contributed by atoms with Crippen LogP contribution in [0.2, 0.25) is 0 Å².